The zero-order chi connectivity index (χ0) is 19.3. The lowest BCUT2D eigenvalue weighted by Crippen LogP contribution is -2.35. The largest absolute Gasteiger partial charge is 0.464 e. The summed E-state index contributed by atoms with van der Waals surface area (Å²) in [6.07, 6.45) is 1.70. The molecule has 5 rings (SSSR count). The number of benzene rings is 2. The molecule has 0 fully saturated rings. The highest BCUT2D eigenvalue weighted by Crippen LogP contribution is 2.30. The molecule has 28 heavy (non-hydrogen) atoms. The van der Waals surface area contributed by atoms with Crippen LogP contribution in [0.25, 0.3) is 32.0 Å². The third-order valence-corrected chi connectivity index (χ3v) is 5.60. The molecule has 0 saturated heterocycles. The maximum absolute atomic E-state index is 12.7. The molecule has 0 atom stereocenters. The zero-order valence-electron chi connectivity index (χ0n) is 14.9. The van der Waals surface area contributed by atoms with Crippen LogP contribution in [0, 0.1) is 6.92 Å². The highest BCUT2D eigenvalue weighted by Gasteiger charge is 2.16. The lowest BCUT2D eigenvalue weighted by Gasteiger charge is -2.10. The highest BCUT2D eigenvalue weighted by atomic mass is 32.1. The van der Waals surface area contributed by atoms with Crippen molar-refractivity contribution < 1.29 is 9.21 Å². The first kappa shape index (κ1) is 16.7. The van der Waals surface area contributed by atoms with Crippen LogP contribution < -0.4 is 11.0 Å². The van der Waals surface area contributed by atoms with E-state index in [1.54, 1.807) is 19.3 Å². The van der Waals surface area contributed by atoms with E-state index in [-0.39, 0.29) is 17.9 Å². The maximum Gasteiger partial charge on any atom is 0.281 e. The maximum atomic E-state index is 12.7. The molecule has 0 spiro atoms. The summed E-state index contributed by atoms with van der Waals surface area (Å²) in [4.78, 5) is 30.4. The molecule has 0 bridgehead atoms. The molecule has 138 valence electrons. The Morgan fingerprint density at radius 3 is 2.93 bits per heavy atom. The topological polar surface area (TPSA) is 77.1 Å². The highest BCUT2D eigenvalue weighted by molar-refractivity contribution is 7.16. The van der Waals surface area contributed by atoms with Crippen molar-refractivity contribution in [2.24, 2.45) is 0 Å². The van der Waals surface area contributed by atoms with E-state index in [1.807, 2.05) is 41.8 Å². The van der Waals surface area contributed by atoms with Crippen LogP contribution in [0.5, 0.6) is 0 Å². The molecule has 2 aromatic carbocycles. The van der Waals surface area contributed by atoms with Crippen molar-refractivity contribution in [2.75, 3.05) is 5.43 Å². The van der Waals surface area contributed by atoms with Gasteiger partial charge in [-0.3, -0.25) is 15.0 Å². The molecular weight excluding hydrogens is 374 g/mol. The van der Waals surface area contributed by atoms with Crippen molar-refractivity contribution in [1.29, 1.82) is 0 Å². The minimum atomic E-state index is -0.308. The Morgan fingerprint density at radius 2 is 2.04 bits per heavy atom. The first-order valence-electron chi connectivity index (χ1n) is 8.76. The fourth-order valence-electron chi connectivity index (χ4n) is 3.49. The Bertz CT molecular complexity index is 1430. The van der Waals surface area contributed by atoms with Gasteiger partial charge in [0, 0.05) is 10.9 Å². The van der Waals surface area contributed by atoms with Crippen LogP contribution >= 0.6 is 11.3 Å². The van der Waals surface area contributed by atoms with Gasteiger partial charge in [0.25, 0.3) is 5.56 Å². The average Bonchev–Trinajstić information content (AvgIpc) is 3.32. The van der Waals surface area contributed by atoms with Crippen LogP contribution in [0.2, 0.25) is 0 Å². The van der Waals surface area contributed by atoms with E-state index in [0.717, 1.165) is 27.3 Å². The Morgan fingerprint density at radius 1 is 1.18 bits per heavy atom. The van der Waals surface area contributed by atoms with E-state index >= 15 is 0 Å². The molecule has 7 heteroatoms. The van der Waals surface area contributed by atoms with Gasteiger partial charge in [0.05, 0.1) is 18.1 Å². The predicted molar refractivity (Wildman–Crippen MR) is 110 cm³/mol. The molecule has 0 radical (unpaired) electrons. The van der Waals surface area contributed by atoms with Crippen molar-refractivity contribution in [3.8, 4) is 0 Å². The van der Waals surface area contributed by atoms with Crippen molar-refractivity contribution in [1.82, 2.24) is 9.66 Å². The summed E-state index contributed by atoms with van der Waals surface area (Å²) in [7, 11) is 0. The summed E-state index contributed by atoms with van der Waals surface area (Å²) < 4.78 is 6.85. The van der Waals surface area contributed by atoms with E-state index in [4.69, 9.17) is 4.42 Å². The van der Waals surface area contributed by atoms with Crippen LogP contribution in [-0.4, -0.2) is 15.6 Å². The van der Waals surface area contributed by atoms with E-state index in [0.29, 0.717) is 16.0 Å². The smallest absolute Gasteiger partial charge is 0.281 e. The molecule has 0 saturated carbocycles. The first-order valence-corrected chi connectivity index (χ1v) is 9.64. The number of carbonyl (C=O) groups is 1. The zero-order valence-corrected chi connectivity index (χ0v) is 15.7. The molecular formula is C21H15N3O3S. The van der Waals surface area contributed by atoms with E-state index in [1.165, 1.54) is 16.0 Å². The minimum Gasteiger partial charge on any atom is -0.464 e. The average molecular weight is 389 g/mol. The Kier molecular flexibility index (Phi) is 3.77. The van der Waals surface area contributed by atoms with Gasteiger partial charge >= 0.3 is 0 Å². The summed E-state index contributed by atoms with van der Waals surface area (Å²) in [5.41, 5.74) is 3.91. The summed E-state index contributed by atoms with van der Waals surface area (Å²) in [5.74, 6) is 0.132. The molecule has 5 aromatic rings. The van der Waals surface area contributed by atoms with E-state index in [9.17, 15) is 9.59 Å². The fraction of sp³-hybridized carbons (Fsp3) is 0.0952. The number of carbonyl (C=O) groups excluding carboxylic acids is 1. The predicted octanol–water partition coefficient (Wildman–Crippen LogP) is 3.98. The molecule has 1 N–H and O–H groups in total. The van der Waals surface area contributed by atoms with Gasteiger partial charge in [-0.05, 0) is 35.2 Å². The summed E-state index contributed by atoms with van der Waals surface area (Å²) in [5, 5.41) is 5.34. The monoisotopic (exact) mass is 389 g/mol. The molecule has 0 aliphatic heterocycles. The molecule has 6 nitrogen and oxygen atoms in total. The second-order valence-corrected chi connectivity index (χ2v) is 7.47. The van der Waals surface area contributed by atoms with E-state index < -0.39 is 0 Å². The standard InChI is InChI=1S/C21H15N3O3S/c1-12-22-20-16(8-9-28-20)21(26)24(12)23-18(25)10-14-11-27-17-7-6-13-4-2-3-5-15(13)19(14)17/h2-9,11H,10H2,1H3,(H,23,25). The quantitative estimate of drug-likeness (QED) is 0.506. The summed E-state index contributed by atoms with van der Waals surface area (Å²) in [6, 6.07) is 13.6. The number of hydrogen-bond donors (Lipinski definition) is 1. The Balaban J connectivity index is 1.51. The second-order valence-electron chi connectivity index (χ2n) is 6.57. The molecule has 0 aliphatic carbocycles. The van der Waals surface area contributed by atoms with Gasteiger partial charge in [0.1, 0.15) is 16.2 Å². The van der Waals surface area contributed by atoms with Crippen LogP contribution in [0.1, 0.15) is 11.4 Å². The number of furan rings is 1. The van der Waals surface area contributed by atoms with Crippen molar-refractivity contribution in [3.63, 3.8) is 0 Å². The minimum absolute atomic E-state index is 0.0918. The molecule has 3 heterocycles. The number of rotatable bonds is 3. The number of hydrogen-bond acceptors (Lipinski definition) is 5. The third kappa shape index (κ3) is 2.59. The van der Waals surface area contributed by atoms with Gasteiger partial charge < -0.3 is 4.42 Å². The van der Waals surface area contributed by atoms with Crippen LogP contribution in [-0.2, 0) is 11.2 Å². The number of nitrogens with one attached hydrogen (secondary N) is 1. The van der Waals surface area contributed by atoms with Gasteiger partial charge in [0.15, 0.2) is 0 Å². The van der Waals surface area contributed by atoms with Crippen molar-refractivity contribution in [3.05, 3.63) is 75.8 Å². The second kappa shape index (κ2) is 6.31. The molecule has 0 unspecified atom stereocenters. The first-order chi connectivity index (χ1) is 13.6. The number of aromatic nitrogens is 2. The van der Waals surface area contributed by atoms with Gasteiger partial charge in [0.2, 0.25) is 5.91 Å². The molecule has 3 aromatic heterocycles. The van der Waals surface area contributed by atoms with Gasteiger partial charge in [-0.1, -0.05) is 30.3 Å². The van der Waals surface area contributed by atoms with Gasteiger partial charge in [-0.2, -0.15) is 0 Å². The van der Waals surface area contributed by atoms with Crippen LogP contribution in [0.3, 0.4) is 0 Å². The van der Waals surface area contributed by atoms with Crippen molar-refractivity contribution >= 4 is 49.2 Å². The van der Waals surface area contributed by atoms with E-state index in [2.05, 4.69) is 10.4 Å². The third-order valence-electron chi connectivity index (χ3n) is 4.79. The normalized spacial score (nSPS) is 11.5. The van der Waals surface area contributed by atoms with Gasteiger partial charge in [-0.25, -0.2) is 9.66 Å². The lowest BCUT2D eigenvalue weighted by molar-refractivity contribution is -0.116. The van der Waals surface area contributed by atoms with Crippen LogP contribution in [0.15, 0.2) is 63.3 Å². The summed E-state index contributed by atoms with van der Waals surface area (Å²) >= 11 is 1.40. The molecule has 1 amide bonds. The SMILES string of the molecule is Cc1nc2sccc2c(=O)n1NC(=O)Cc1coc2ccc3ccccc3c12. The number of nitrogens with zero attached hydrogens (tertiary/aromatic N) is 2. The van der Waals surface area contributed by atoms with Gasteiger partial charge in [-0.15, -0.1) is 11.3 Å². The lowest BCUT2D eigenvalue weighted by atomic mass is 10.0. The van der Waals surface area contributed by atoms with Crippen LogP contribution in [0.4, 0.5) is 0 Å². The Hall–Kier alpha value is -3.45. The number of thiophene rings is 1. The molecule has 0 aliphatic rings. The van der Waals surface area contributed by atoms with Crippen molar-refractivity contribution in [2.45, 2.75) is 13.3 Å². The number of aryl methyl sites for hydroxylation is 1. The summed E-state index contributed by atoms with van der Waals surface area (Å²) in [6.45, 7) is 1.70. The number of amides is 1. The Labute approximate surface area is 163 Å². The fourth-order valence-corrected chi connectivity index (χ4v) is 4.29. The number of fused-ring (bicyclic) bond motifs is 4.